The molecule has 0 aromatic carbocycles. The van der Waals surface area contributed by atoms with Crippen molar-refractivity contribution in [1.29, 1.82) is 0 Å². The van der Waals surface area contributed by atoms with E-state index in [1.54, 1.807) is 17.8 Å². The van der Waals surface area contributed by atoms with Crippen LogP contribution in [-0.4, -0.2) is 31.2 Å². The zero-order valence-corrected chi connectivity index (χ0v) is 18.5. The van der Waals surface area contributed by atoms with E-state index in [-0.39, 0.29) is 5.56 Å². The predicted octanol–water partition coefficient (Wildman–Crippen LogP) is 3.15. The number of aromatic nitrogens is 5. The van der Waals surface area contributed by atoms with Crippen LogP contribution in [0.2, 0.25) is 5.15 Å². The summed E-state index contributed by atoms with van der Waals surface area (Å²) in [6, 6.07) is 5.94. The lowest BCUT2D eigenvalue weighted by Crippen LogP contribution is -2.24. The lowest BCUT2D eigenvalue weighted by atomic mass is 10.1. The summed E-state index contributed by atoms with van der Waals surface area (Å²) in [4.78, 5) is 17.0. The molecule has 1 aliphatic rings. The molecule has 3 aromatic rings. The highest BCUT2D eigenvalue weighted by Gasteiger charge is 2.40. The van der Waals surface area contributed by atoms with Gasteiger partial charge in [-0.3, -0.25) is 14.5 Å². The molecule has 0 bridgehead atoms. The number of nitrogens with zero attached hydrogens (tertiary/aromatic N) is 5. The molecule has 0 aliphatic heterocycles. The van der Waals surface area contributed by atoms with E-state index in [1.807, 2.05) is 27.1 Å². The monoisotopic (exact) mass is 427 g/mol. The first-order chi connectivity index (χ1) is 14.3. The van der Waals surface area contributed by atoms with Gasteiger partial charge in [0, 0.05) is 55.0 Å². The Morgan fingerprint density at radius 1 is 1.17 bits per heavy atom. The van der Waals surface area contributed by atoms with E-state index in [1.165, 1.54) is 4.68 Å². The van der Waals surface area contributed by atoms with Crippen molar-refractivity contribution in [2.24, 2.45) is 20.0 Å². The molecule has 1 fully saturated rings. The Kier molecular flexibility index (Phi) is 5.64. The molecule has 7 nitrogen and oxygen atoms in total. The fraction of sp³-hybridized carbons (Fsp3) is 0.455. The van der Waals surface area contributed by atoms with Crippen molar-refractivity contribution in [1.82, 2.24) is 24.5 Å². The van der Waals surface area contributed by atoms with Crippen LogP contribution in [0.3, 0.4) is 0 Å². The zero-order valence-electron chi connectivity index (χ0n) is 17.7. The van der Waals surface area contributed by atoms with Crippen LogP contribution < -0.4 is 10.3 Å². The van der Waals surface area contributed by atoms with Gasteiger partial charge in [0.1, 0.15) is 5.15 Å². The van der Waals surface area contributed by atoms with Gasteiger partial charge in [-0.05, 0) is 44.7 Å². The van der Waals surface area contributed by atoms with Gasteiger partial charge in [-0.1, -0.05) is 17.7 Å². The Morgan fingerprint density at radius 2 is 1.97 bits per heavy atom. The molecule has 158 valence electrons. The molecule has 2 atom stereocenters. The molecule has 3 aromatic heterocycles. The molecule has 4 rings (SSSR count). The number of pyridine rings is 1. The standard InChI is InChI=1S/C22H26ClN5O2/c1-13-5-8-19(24-11-13)18-9-16(18)12-30-20-10-15(22(29)28(4)26-20)6-7-17-14(2)25-27(3)21(17)23/h5,8,10-11,16,18H,6-7,9,12H2,1-4H3/t16-,18+/m1/s1. The SMILES string of the molecule is Cc1ccc([C@H]2C[C@@H]2COc2cc(CCc3c(C)nn(C)c3Cl)c(=O)n(C)n2)nc1. The first-order valence-corrected chi connectivity index (χ1v) is 10.5. The number of aryl methyl sites for hydroxylation is 5. The maximum Gasteiger partial charge on any atom is 0.269 e. The lowest BCUT2D eigenvalue weighted by molar-refractivity contribution is 0.277. The molecule has 8 heteroatoms. The maximum atomic E-state index is 12.5. The van der Waals surface area contributed by atoms with Crippen LogP contribution in [0.5, 0.6) is 5.88 Å². The van der Waals surface area contributed by atoms with Crippen molar-refractivity contribution in [2.75, 3.05) is 6.61 Å². The van der Waals surface area contributed by atoms with Gasteiger partial charge in [0.15, 0.2) is 0 Å². The second kappa shape index (κ2) is 8.22. The van der Waals surface area contributed by atoms with Crippen molar-refractivity contribution in [2.45, 2.75) is 39.0 Å². The quantitative estimate of drug-likeness (QED) is 0.579. The highest BCUT2D eigenvalue weighted by molar-refractivity contribution is 6.30. The van der Waals surface area contributed by atoms with Gasteiger partial charge in [-0.2, -0.15) is 5.10 Å². The second-order valence-corrected chi connectivity index (χ2v) is 8.45. The topological polar surface area (TPSA) is 74.8 Å². The number of ether oxygens (including phenoxy) is 1. The molecule has 0 N–H and O–H groups in total. The van der Waals surface area contributed by atoms with E-state index in [9.17, 15) is 4.79 Å². The molecule has 30 heavy (non-hydrogen) atoms. The summed E-state index contributed by atoms with van der Waals surface area (Å²) in [7, 11) is 3.46. The molecule has 0 unspecified atom stereocenters. The van der Waals surface area contributed by atoms with Gasteiger partial charge in [0.2, 0.25) is 5.88 Å². The molecule has 0 spiro atoms. The largest absolute Gasteiger partial charge is 0.476 e. The predicted molar refractivity (Wildman–Crippen MR) is 115 cm³/mol. The Morgan fingerprint density at radius 3 is 2.63 bits per heavy atom. The van der Waals surface area contributed by atoms with Crippen molar-refractivity contribution < 1.29 is 4.74 Å². The molecular formula is C22H26ClN5O2. The van der Waals surface area contributed by atoms with Gasteiger partial charge in [0.05, 0.1) is 12.3 Å². The third-order valence-electron chi connectivity index (χ3n) is 5.71. The first-order valence-electron chi connectivity index (χ1n) is 10.1. The van der Waals surface area contributed by atoms with E-state index in [2.05, 4.69) is 27.3 Å². The average molecular weight is 428 g/mol. The summed E-state index contributed by atoms with van der Waals surface area (Å²) in [6.07, 6.45) is 4.16. The summed E-state index contributed by atoms with van der Waals surface area (Å²) in [5, 5.41) is 9.20. The Hall–Kier alpha value is -2.67. The second-order valence-electron chi connectivity index (χ2n) is 8.09. The number of rotatable bonds is 7. The van der Waals surface area contributed by atoms with Crippen LogP contribution in [0.15, 0.2) is 29.2 Å². The van der Waals surface area contributed by atoms with Gasteiger partial charge < -0.3 is 4.74 Å². The first kappa shape index (κ1) is 20.6. The highest BCUT2D eigenvalue weighted by atomic mass is 35.5. The minimum Gasteiger partial charge on any atom is -0.476 e. The Balaban J connectivity index is 1.41. The van der Waals surface area contributed by atoms with Crippen LogP contribution in [0.4, 0.5) is 0 Å². The Bertz CT molecular complexity index is 1120. The van der Waals surface area contributed by atoms with Crippen molar-refractivity contribution in [3.63, 3.8) is 0 Å². The normalized spacial score (nSPS) is 17.9. The van der Waals surface area contributed by atoms with Crippen molar-refractivity contribution >= 4 is 11.6 Å². The van der Waals surface area contributed by atoms with Gasteiger partial charge in [-0.15, -0.1) is 5.10 Å². The summed E-state index contributed by atoms with van der Waals surface area (Å²) >= 11 is 6.32. The Labute approximate surface area is 180 Å². The molecule has 1 saturated carbocycles. The van der Waals surface area contributed by atoms with E-state index < -0.39 is 0 Å². The smallest absolute Gasteiger partial charge is 0.269 e. The number of halogens is 1. The van der Waals surface area contributed by atoms with Crippen LogP contribution >= 0.6 is 11.6 Å². The number of hydrogen-bond donors (Lipinski definition) is 0. The third-order valence-corrected chi connectivity index (χ3v) is 6.18. The van der Waals surface area contributed by atoms with Gasteiger partial charge >= 0.3 is 0 Å². The molecular weight excluding hydrogens is 402 g/mol. The van der Waals surface area contributed by atoms with Crippen LogP contribution in [0.25, 0.3) is 0 Å². The fourth-order valence-corrected chi connectivity index (χ4v) is 4.06. The zero-order chi connectivity index (χ0) is 21.4. The number of hydrogen-bond acceptors (Lipinski definition) is 5. The van der Waals surface area contributed by atoms with Crippen molar-refractivity contribution in [3.05, 3.63) is 68.0 Å². The third kappa shape index (κ3) is 4.26. The minimum atomic E-state index is -0.117. The molecule has 1 aliphatic carbocycles. The van der Waals surface area contributed by atoms with Crippen molar-refractivity contribution in [3.8, 4) is 5.88 Å². The van der Waals surface area contributed by atoms with Gasteiger partial charge in [0.25, 0.3) is 5.56 Å². The van der Waals surface area contributed by atoms with Gasteiger partial charge in [-0.25, -0.2) is 4.68 Å². The highest BCUT2D eigenvalue weighted by Crippen LogP contribution is 2.46. The van der Waals surface area contributed by atoms with Crippen LogP contribution in [0, 0.1) is 19.8 Å². The van der Waals surface area contributed by atoms with Crippen LogP contribution in [-0.2, 0) is 26.9 Å². The lowest BCUT2D eigenvalue weighted by Gasteiger charge is -2.09. The average Bonchev–Trinajstić information content (AvgIpc) is 3.44. The molecule has 0 amide bonds. The minimum absolute atomic E-state index is 0.117. The maximum absolute atomic E-state index is 12.5. The summed E-state index contributed by atoms with van der Waals surface area (Å²) in [5.74, 6) is 1.34. The van der Waals surface area contributed by atoms with E-state index in [0.717, 1.165) is 28.9 Å². The molecule has 0 radical (unpaired) electrons. The molecule has 0 saturated heterocycles. The molecule has 3 heterocycles. The van der Waals surface area contributed by atoms with E-state index >= 15 is 0 Å². The summed E-state index contributed by atoms with van der Waals surface area (Å²) < 4.78 is 8.94. The fourth-order valence-electron chi connectivity index (χ4n) is 3.79. The van der Waals surface area contributed by atoms with E-state index in [0.29, 0.717) is 47.9 Å². The summed E-state index contributed by atoms with van der Waals surface area (Å²) in [6.45, 7) is 4.53. The van der Waals surface area contributed by atoms with E-state index in [4.69, 9.17) is 16.3 Å². The summed E-state index contributed by atoms with van der Waals surface area (Å²) in [5.41, 5.74) is 4.67. The van der Waals surface area contributed by atoms with Crippen LogP contribution in [0.1, 0.15) is 40.4 Å².